The van der Waals surface area contributed by atoms with Gasteiger partial charge in [0, 0.05) is 17.2 Å². The first kappa shape index (κ1) is 23.1. The molecule has 0 aliphatic heterocycles. The summed E-state index contributed by atoms with van der Waals surface area (Å²) in [7, 11) is 1.51. The lowest BCUT2D eigenvalue weighted by molar-refractivity contribution is -0.128. The lowest BCUT2D eigenvalue weighted by atomic mass is 9.88. The van der Waals surface area contributed by atoms with E-state index in [-0.39, 0.29) is 11.8 Å². The molecule has 0 aromatic heterocycles. The summed E-state index contributed by atoms with van der Waals surface area (Å²) in [6.07, 6.45) is 4.35. The Morgan fingerprint density at radius 1 is 0.906 bits per heavy atom. The lowest BCUT2D eigenvalue weighted by Gasteiger charge is -2.20. The van der Waals surface area contributed by atoms with Gasteiger partial charge in [0.15, 0.2) is 17.6 Å². The van der Waals surface area contributed by atoms with E-state index >= 15 is 0 Å². The molecule has 0 unspecified atom stereocenters. The molecule has 170 valence electrons. The highest BCUT2D eigenvalue weighted by atomic mass is 16.5. The second-order valence-corrected chi connectivity index (χ2v) is 7.76. The van der Waals surface area contributed by atoms with E-state index in [2.05, 4.69) is 16.2 Å². The zero-order valence-electron chi connectivity index (χ0n) is 18.4. The first-order valence-corrected chi connectivity index (χ1v) is 10.8. The SMILES string of the molecule is COc1ccccc1O[C@@H](C)C(=O)NNC(=O)c1ccc(NC(=O)C2CCCCC2)cc1. The number of ether oxygens (including phenoxy) is 2. The lowest BCUT2D eigenvalue weighted by Crippen LogP contribution is -2.47. The maximum absolute atomic E-state index is 12.3. The van der Waals surface area contributed by atoms with E-state index in [0.29, 0.717) is 22.7 Å². The van der Waals surface area contributed by atoms with Crippen molar-refractivity contribution in [3.63, 3.8) is 0 Å². The summed E-state index contributed by atoms with van der Waals surface area (Å²) >= 11 is 0. The smallest absolute Gasteiger partial charge is 0.279 e. The van der Waals surface area contributed by atoms with Gasteiger partial charge >= 0.3 is 0 Å². The summed E-state index contributed by atoms with van der Waals surface area (Å²) in [5.74, 6) is 0.0236. The average molecular weight is 440 g/mol. The molecular formula is C24H29N3O5. The Hall–Kier alpha value is -3.55. The Kier molecular flexibility index (Phi) is 8.08. The fourth-order valence-corrected chi connectivity index (χ4v) is 3.57. The molecule has 0 radical (unpaired) electrons. The van der Waals surface area contributed by atoms with E-state index in [0.717, 1.165) is 25.7 Å². The van der Waals surface area contributed by atoms with Crippen LogP contribution >= 0.6 is 0 Å². The quantitative estimate of drug-likeness (QED) is 0.573. The van der Waals surface area contributed by atoms with Gasteiger partial charge < -0.3 is 14.8 Å². The number of benzene rings is 2. The van der Waals surface area contributed by atoms with Gasteiger partial charge in [0.05, 0.1) is 7.11 Å². The van der Waals surface area contributed by atoms with Crippen molar-refractivity contribution in [2.45, 2.75) is 45.1 Å². The Balaban J connectivity index is 1.47. The fraction of sp³-hybridized carbons (Fsp3) is 0.375. The van der Waals surface area contributed by atoms with Crippen LogP contribution in [-0.4, -0.2) is 30.9 Å². The van der Waals surface area contributed by atoms with Gasteiger partial charge in [-0.3, -0.25) is 25.2 Å². The van der Waals surface area contributed by atoms with Crippen molar-refractivity contribution >= 4 is 23.4 Å². The number of carbonyl (C=O) groups is 3. The molecule has 0 heterocycles. The van der Waals surface area contributed by atoms with Crippen LogP contribution in [0.3, 0.4) is 0 Å². The number of amides is 3. The molecule has 8 nitrogen and oxygen atoms in total. The number of nitrogens with one attached hydrogen (secondary N) is 3. The molecule has 1 aliphatic carbocycles. The molecule has 0 spiro atoms. The third kappa shape index (κ3) is 6.23. The zero-order valence-corrected chi connectivity index (χ0v) is 18.4. The first-order chi connectivity index (χ1) is 15.5. The Bertz CT molecular complexity index is 939. The highest BCUT2D eigenvalue weighted by molar-refractivity contribution is 5.97. The second kappa shape index (κ2) is 11.2. The molecule has 2 aromatic rings. The van der Waals surface area contributed by atoms with Crippen LogP contribution in [0.5, 0.6) is 11.5 Å². The minimum absolute atomic E-state index is 0.0261. The van der Waals surface area contributed by atoms with E-state index in [9.17, 15) is 14.4 Å². The van der Waals surface area contributed by atoms with Gasteiger partial charge in [-0.25, -0.2) is 0 Å². The van der Waals surface area contributed by atoms with E-state index in [1.807, 2.05) is 0 Å². The van der Waals surface area contributed by atoms with Crippen molar-refractivity contribution in [3.05, 3.63) is 54.1 Å². The Morgan fingerprint density at radius 2 is 1.56 bits per heavy atom. The largest absolute Gasteiger partial charge is 0.493 e. The summed E-state index contributed by atoms with van der Waals surface area (Å²) in [5, 5.41) is 2.91. The molecule has 32 heavy (non-hydrogen) atoms. The van der Waals surface area contributed by atoms with Crippen LogP contribution < -0.4 is 25.6 Å². The topological polar surface area (TPSA) is 106 Å². The normalized spacial score (nSPS) is 14.7. The number of para-hydroxylation sites is 2. The number of hydrogen-bond donors (Lipinski definition) is 3. The van der Waals surface area contributed by atoms with E-state index < -0.39 is 17.9 Å². The highest BCUT2D eigenvalue weighted by Crippen LogP contribution is 2.27. The zero-order chi connectivity index (χ0) is 22.9. The molecule has 1 fully saturated rings. The minimum atomic E-state index is -0.857. The number of hydrazine groups is 1. The number of hydrogen-bond acceptors (Lipinski definition) is 5. The molecule has 0 saturated heterocycles. The van der Waals surface area contributed by atoms with Crippen LogP contribution in [-0.2, 0) is 9.59 Å². The van der Waals surface area contributed by atoms with Crippen LogP contribution in [0.2, 0.25) is 0 Å². The van der Waals surface area contributed by atoms with Crippen molar-refractivity contribution in [1.82, 2.24) is 10.9 Å². The van der Waals surface area contributed by atoms with Crippen molar-refractivity contribution in [3.8, 4) is 11.5 Å². The van der Waals surface area contributed by atoms with Crippen LogP contribution in [0.15, 0.2) is 48.5 Å². The van der Waals surface area contributed by atoms with E-state index in [4.69, 9.17) is 9.47 Å². The van der Waals surface area contributed by atoms with Gasteiger partial charge in [-0.2, -0.15) is 0 Å². The second-order valence-electron chi connectivity index (χ2n) is 7.76. The molecular weight excluding hydrogens is 410 g/mol. The minimum Gasteiger partial charge on any atom is -0.493 e. The standard InChI is InChI=1S/C24H29N3O5/c1-16(32-21-11-7-6-10-20(21)31-2)22(28)26-27-24(30)18-12-14-19(15-13-18)25-23(29)17-8-4-3-5-9-17/h6-7,10-17H,3-5,8-9H2,1-2H3,(H,25,29)(H,26,28)(H,27,30)/t16-/m0/s1. The molecule has 1 atom stereocenters. The number of anilines is 1. The third-order valence-corrected chi connectivity index (χ3v) is 5.43. The molecule has 3 N–H and O–H groups in total. The summed E-state index contributed by atoms with van der Waals surface area (Å²) < 4.78 is 10.8. The number of carbonyl (C=O) groups excluding carboxylic acids is 3. The summed E-state index contributed by atoms with van der Waals surface area (Å²) in [6, 6.07) is 13.5. The van der Waals surface area contributed by atoms with Crippen molar-refractivity contribution in [2.75, 3.05) is 12.4 Å². The molecule has 8 heteroatoms. The molecule has 3 amide bonds. The van der Waals surface area contributed by atoms with Gasteiger partial charge in [-0.1, -0.05) is 31.4 Å². The molecule has 1 aliphatic rings. The van der Waals surface area contributed by atoms with E-state index in [1.54, 1.807) is 55.5 Å². The van der Waals surface area contributed by atoms with E-state index in [1.165, 1.54) is 13.5 Å². The monoisotopic (exact) mass is 439 g/mol. The average Bonchev–Trinajstić information content (AvgIpc) is 2.83. The molecule has 1 saturated carbocycles. The van der Waals surface area contributed by atoms with Gasteiger partial charge in [-0.05, 0) is 56.2 Å². The van der Waals surface area contributed by atoms with Crippen LogP contribution in [0, 0.1) is 5.92 Å². The maximum atomic E-state index is 12.3. The van der Waals surface area contributed by atoms with Gasteiger partial charge in [-0.15, -0.1) is 0 Å². The Morgan fingerprint density at radius 3 is 2.22 bits per heavy atom. The molecule has 2 aromatic carbocycles. The predicted octanol–water partition coefficient (Wildman–Crippen LogP) is 3.44. The van der Waals surface area contributed by atoms with Gasteiger partial charge in [0.2, 0.25) is 5.91 Å². The fourth-order valence-electron chi connectivity index (χ4n) is 3.57. The highest BCUT2D eigenvalue weighted by Gasteiger charge is 2.21. The summed E-state index contributed by atoms with van der Waals surface area (Å²) in [4.78, 5) is 36.9. The maximum Gasteiger partial charge on any atom is 0.279 e. The number of methoxy groups -OCH3 is 1. The van der Waals surface area contributed by atoms with Crippen molar-refractivity contribution in [1.29, 1.82) is 0 Å². The summed E-state index contributed by atoms with van der Waals surface area (Å²) in [5.41, 5.74) is 5.71. The molecule has 0 bridgehead atoms. The van der Waals surface area contributed by atoms with Gasteiger partial charge in [0.1, 0.15) is 0 Å². The predicted molar refractivity (Wildman–Crippen MR) is 120 cm³/mol. The third-order valence-electron chi connectivity index (χ3n) is 5.43. The molecule has 3 rings (SSSR count). The van der Waals surface area contributed by atoms with Crippen molar-refractivity contribution in [2.24, 2.45) is 5.92 Å². The van der Waals surface area contributed by atoms with Gasteiger partial charge in [0.25, 0.3) is 11.8 Å². The first-order valence-electron chi connectivity index (χ1n) is 10.8. The van der Waals surface area contributed by atoms with Crippen molar-refractivity contribution < 1.29 is 23.9 Å². The van der Waals surface area contributed by atoms with Crippen LogP contribution in [0.25, 0.3) is 0 Å². The Labute approximate surface area is 187 Å². The van der Waals surface area contributed by atoms with Crippen LogP contribution in [0.4, 0.5) is 5.69 Å². The summed E-state index contributed by atoms with van der Waals surface area (Å²) in [6.45, 7) is 1.57. The van der Waals surface area contributed by atoms with Crippen LogP contribution in [0.1, 0.15) is 49.4 Å². The number of rotatable bonds is 7.